The number of carbonyl (C=O) groups excluding carboxylic acids is 1. The summed E-state index contributed by atoms with van der Waals surface area (Å²) in [5.74, 6) is -0.200. The van der Waals surface area contributed by atoms with E-state index in [2.05, 4.69) is 24.4 Å². The van der Waals surface area contributed by atoms with Crippen molar-refractivity contribution in [2.45, 2.75) is 45.6 Å². The maximum atomic E-state index is 11.4. The van der Waals surface area contributed by atoms with Crippen LogP contribution < -0.4 is 5.32 Å². The van der Waals surface area contributed by atoms with Gasteiger partial charge in [0.25, 0.3) is 0 Å². The predicted molar refractivity (Wildman–Crippen MR) is 104 cm³/mol. The second kappa shape index (κ2) is 14.5. The van der Waals surface area contributed by atoms with Crippen LogP contribution in [0.2, 0.25) is 0 Å². The molecule has 0 aromatic rings. The van der Waals surface area contributed by atoms with E-state index < -0.39 is 5.60 Å². The van der Waals surface area contributed by atoms with E-state index in [0.717, 1.165) is 19.3 Å². The minimum atomic E-state index is -0.887. The van der Waals surface area contributed by atoms with Crippen LogP contribution in [0.5, 0.6) is 0 Å². The fraction of sp³-hybridized carbons (Fsp3) is 0.381. The minimum Gasteiger partial charge on any atom is -0.389 e. The van der Waals surface area contributed by atoms with Crippen LogP contribution in [0, 0.1) is 0 Å². The van der Waals surface area contributed by atoms with Crippen molar-refractivity contribution in [3.63, 3.8) is 0 Å². The number of nitrogens with one attached hydrogen (secondary N) is 1. The van der Waals surface area contributed by atoms with Gasteiger partial charge in [-0.05, 0) is 33.1 Å². The topological polar surface area (TPSA) is 49.3 Å². The van der Waals surface area contributed by atoms with Crippen LogP contribution in [-0.4, -0.2) is 23.2 Å². The first-order valence-electron chi connectivity index (χ1n) is 8.44. The second-order valence-corrected chi connectivity index (χ2v) is 5.93. The zero-order valence-electron chi connectivity index (χ0n) is 15.1. The van der Waals surface area contributed by atoms with Gasteiger partial charge in [-0.1, -0.05) is 73.8 Å². The van der Waals surface area contributed by atoms with E-state index in [-0.39, 0.29) is 12.5 Å². The van der Waals surface area contributed by atoms with E-state index in [9.17, 15) is 9.90 Å². The van der Waals surface area contributed by atoms with Crippen molar-refractivity contribution in [3.8, 4) is 0 Å². The van der Waals surface area contributed by atoms with Crippen molar-refractivity contribution in [1.82, 2.24) is 5.32 Å². The average molecular weight is 329 g/mol. The molecule has 0 saturated carbocycles. The van der Waals surface area contributed by atoms with E-state index in [4.69, 9.17) is 0 Å². The zero-order valence-corrected chi connectivity index (χ0v) is 15.1. The van der Waals surface area contributed by atoms with Gasteiger partial charge in [0.1, 0.15) is 0 Å². The molecule has 24 heavy (non-hydrogen) atoms. The van der Waals surface area contributed by atoms with Crippen molar-refractivity contribution in [2.24, 2.45) is 0 Å². The van der Waals surface area contributed by atoms with Crippen molar-refractivity contribution >= 4 is 5.91 Å². The average Bonchev–Trinajstić information content (AvgIpc) is 2.52. The molecule has 0 aliphatic carbocycles. The molecule has 0 radical (unpaired) electrons. The van der Waals surface area contributed by atoms with Crippen molar-refractivity contribution in [2.75, 3.05) is 6.54 Å². The Balaban J connectivity index is 3.78. The van der Waals surface area contributed by atoms with Gasteiger partial charge in [-0.15, -0.1) is 0 Å². The van der Waals surface area contributed by atoms with Gasteiger partial charge in [0.05, 0.1) is 5.60 Å². The van der Waals surface area contributed by atoms with Gasteiger partial charge >= 0.3 is 0 Å². The minimum absolute atomic E-state index is 0.200. The molecule has 0 aliphatic heterocycles. The zero-order chi connectivity index (χ0) is 18.1. The number of unbranched alkanes of at least 4 members (excludes halogenated alkanes) is 1. The summed E-state index contributed by atoms with van der Waals surface area (Å²) in [4.78, 5) is 11.4. The van der Waals surface area contributed by atoms with Crippen molar-refractivity contribution in [1.29, 1.82) is 0 Å². The molecule has 0 aromatic carbocycles. The van der Waals surface area contributed by atoms with Gasteiger partial charge in [-0.2, -0.15) is 0 Å². The van der Waals surface area contributed by atoms with Crippen LogP contribution in [0.25, 0.3) is 0 Å². The molecule has 0 saturated heterocycles. The lowest BCUT2D eigenvalue weighted by Gasteiger charge is -2.16. The third kappa shape index (κ3) is 17.9. The summed E-state index contributed by atoms with van der Waals surface area (Å²) < 4.78 is 0. The standard InChI is InChI=1S/C21H31NO2/c1-4-5-6-7-8-9-10-11-12-13-14-15-16-17-18-20(23)22-19-21(2,3)24/h5-12,15-18,24H,4,13-14,19H2,1-3H3,(H,22,23). The van der Waals surface area contributed by atoms with Gasteiger partial charge in [0, 0.05) is 12.6 Å². The third-order valence-corrected chi connectivity index (χ3v) is 2.75. The van der Waals surface area contributed by atoms with Crippen LogP contribution in [-0.2, 0) is 4.79 Å². The number of allylic oxidation sites excluding steroid dienone is 11. The molecule has 0 spiro atoms. The molecule has 0 atom stereocenters. The molecule has 132 valence electrons. The van der Waals surface area contributed by atoms with Crippen LogP contribution in [0.15, 0.2) is 72.9 Å². The summed E-state index contributed by atoms with van der Waals surface area (Å²) in [6.45, 7) is 5.65. The van der Waals surface area contributed by atoms with Gasteiger partial charge in [0.15, 0.2) is 0 Å². The summed E-state index contributed by atoms with van der Waals surface area (Å²) in [6.07, 6.45) is 26.3. The molecule has 1 amide bonds. The lowest BCUT2D eigenvalue weighted by atomic mass is 10.1. The Morgan fingerprint density at radius 1 is 0.875 bits per heavy atom. The number of carbonyl (C=O) groups is 1. The smallest absolute Gasteiger partial charge is 0.244 e. The molecule has 3 nitrogen and oxygen atoms in total. The van der Waals surface area contributed by atoms with E-state index in [0.29, 0.717) is 0 Å². The summed E-state index contributed by atoms with van der Waals surface area (Å²) in [5.41, 5.74) is -0.887. The highest BCUT2D eigenvalue weighted by molar-refractivity contribution is 5.87. The highest BCUT2D eigenvalue weighted by Gasteiger charge is 2.12. The van der Waals surface area contributed by atoms with Gasteiger partial charge in [0.2, 0.25) is 5.91 Å². The van der Waals surface area contributed by atoms with Gasteiger partial charge in [-0.25, -0.2) is 0 Å². The van der Waals surface area contributed by atoms with Crippen LogP contribution in [0.3, 0.4) is 0 Å². The number of amides is 1. The molecule has 0 aliphatic rings. The Morgan fingerprint density at radius 2 is 1.38 bits per heavy atom. The number of aliphatic hydroxyl groups is 1. The third-order valence-electron chi connectivity index (χ3n) is 2.75. The monoisotopic (exact) mass is 329 g/mol. The van der Waals surface area contributed by atoms with Crippen molar-refractivity contribution < 1.29 is 9.90 Å². The fourth-order valence-electron chi connectivity index (χ4n) is 1.52. The Hall–Kier alpha value is -2.13. The Kier molecular flexibility index (Phi) is 13.2. The first-order valence-corrected chi connectivity index (χ1v) is 8.44. The molecule has 0 bridgehead atoms. The van der Waals surface area contributed by atoms with E-state index in [1.807, 2.05) is 48.6 Å². The SMILES string of the molecule is CCC=CC=CC=CC=CCCC=CC=CC(=O)NCC(C)(C)O. The molecule has 2 N–H and O–H groups in total. The van der Waals surface area contributed by atoms with Crippen molar-refractivity contribution in [3.05, 3.63) is 72.9 Å². The molecule has 0 unspecified atom stereocenters. The predicted octanol–water partition coefficient (Wildman–Crippen LogP) is 4.40. The lowest BCUT2D eigenvalue weighted by molar-refractivity contribution is -0.117. The fourth-order valence-corrected chi connectivity index (χ4v) is 1.52. The Morgan fingerprint density at radius 3 is 1.92 bits per heavy atom. The molecule has 0 aromatic heterocycles. The van der Waals surface area contributed by atoms with E-state index in [1.54, 1.807) is 19.9 Å². The summed E-state index contributed by atoms with van der Waals surface area (Å²) in [7, 11) is 0. The highest BCUT2D eigenvalue weighted by Crippen LogP contribution is 1.97. The normalized spacial score (nSPS) is 13.7. The number of hydrogen-bond donors (Lipinski definition) is 2. The van der Waals surface area contributed by atoms with Crippen LogP contribution in [0.1, 0.15) is 40.0 Å². The largest absolute Gasteiger partial charge is 0.389 e. The Labute approximate surface area is 146 Å². The summed E-state index contributed by atoms with van der Waals surface area (Å²) >= 11 is 0. The molecule has 0 rings (SSSR count). The number of hydrogen-bond acceptors (Lipinski definition) is 2. The van der Waals surface area contributed by atoms with E-state index >= 15 is 0 Å². The molecule has 0 heterocycles. The summed E-state index contributed by atoms with van der Waals surface area (Å²) in [6, 6.07) is 0. The van der Waals surface area contributed by atoms with Crippen LogP contribution >= 0.6 is 0 Å². The maximum Gasteiger partial charge on any atom is 0.244 e. The van der Waals surface area contributed by atoms with Gasteiger partial charge in [-0.3, -0.25) is 4.79 Å². The Bertz CT molecular complexity index is 500. The summed E-state index contributed by atoms with van der Waals surface area (Å²) in [5, 5.41) is 12.1. The first kappa shape index (κ1) is 21.9. The molecular formula is C21H31NO2. The molecule has 0 fully saturated rings. The maximum absolute atomic E-state index is 11.4. The van der Waals surface area contributed by atoms with E-state index in [1.165, 1.54) is 6.08 Å². The lowest BCUT2D eigenvalue weighted by Crippen LogP contribution is -2.37. The number of rotatable bonds is 11. The first-order chi connectivity index (χ1) is 11.5. The molecular weight excluding hydrogens is 298 g/mol. The molecule has 3 heteroatoms. The van der Waals surface area contributed by atoms with Gasteiger partial charge < -0.3 is 10.4 Å². The van der Waals surface area contributed by atoms with Crippen LogP contribution in [0.4, 0.5) is 0 Å². The second-order valence-electron chi connectivity index (χ2n) is 5.93. The highest BCUT2D eigenvalue weighted by atomic mass is 16.3. The quantitative estimate of drug-likeness (QED) is 0.335.